The first-order valence-electron chi connectivity index (χ1n) is 14.7. The molecule has 0 saturated carbocycles. The van der Waals surface area contributed by atoms with Crippen molar-refractivity contribution in [1.29, 1.82) is 0 Å². The van der Waals surface area contributed by atoms with Crippen LogP contribution in [-0.2, 0) is 6.54 Å². The van der Waals surface area contributed by atoms with Crippen LogP contribution in [-0.4, -0.2) is 29.7 Å². The van der Waals surface area contributed by atoms with Gasteiger partial charge >= 0.3 is 0 Å². The Balaban J connectivity index is 1.74. The lowest BCUT2D eigenvalue weighted by molar-refractivity contribution is 0.396. The van der Waals surface area contributed by atoms with Crippen LogP contribution in [0.25, 0.3) is 45.1 Å². The lowest BCUT2D eigenvalue weighted by atomic mass is 9.99. The number of hydrogen-bond acceptors (Lipinski definition) is 5. The quantitative estimate of drug-likeness (QED) is 0.192. The van der Waals surface area contributed by atoms with Gasteiger partial charge in [0.05, 0.1) is 0 Å². The third kappa shape index (κ3) is 5.43. The van der Waals surface area contributed by atoms with Gasteiger partial charge in [-0.2, -0.15) is 0 Å². The van der Waals surface area contributed by atoms with E-state index in [0.717, 1.165) is 57.3 Å². The number of fused-ring (bicyclic) bond motifs is 1. The van der Waals surface area contributed by atoms with Crippen molar-refractivity contribution in [2.75, 3.05) is 0 Å². The Morgan fingerprint density at radius 3 is 1.76 bits per heavy atom. The summed E-state index contributed by atoms with van der Waals surface area (Å²) < 4.78 is 2.36. The van der Waals surface area contributed by atoms with E-state index < -0.39 is 0 Å². The molecule has 3 aromatic carbocycles. The minimum absolute atomic E-state index is 0.252. The Morgan fingerprint density at radius 1 is 0.683 bits per heavy atom. The van der Waals surface area contributed by atoms with E-state index in [1.54, 1.807) is 12.1 Å². The van der Waals surface area contributed by atoms with E-state index >= 15 is 0 Å². The van der Waals surface area contributed by atoms with E-state index in [1.807, 2.05) is 39.8 Å². The normalized spacial score (nSPS) is 12.2. The number of unbranched alkanes of at least 4 members (excludes halogenated alkanes) is 1. The Hall–Kier alpha value is -4.19. The van der Waals surface area contributed by atoms with Gasteiger partial charge in [-0.1, -0.05) is 51.3 Å². The van der Waals surface area contributed by atoms with Gasteiger partial charge in [0, 0.05) is 40.3 Å². The highest BCUT2D eigenvalue weighted by molar-refractivity contribution is 5.95. The largest absolute Gasteiger partial charge is 0.508 e. The smallest absolute Gasteiger partial charge is 0.166 e. The SMILES string of the molecule is CCCCC(CC)Cn1cc(-c2nc(-c3ccc(O)c(C)c3C)nc(-c3ccc(O)c(C)c3C)n2)c2ccccc21. The summed E-state index contributed by atoms with van der Waals surface area (Å²) in [4.78, 5) is 15.0. The minimum atomic E-state index is 0.252. The maximum absolute atomic E-state index is 10.3. The second-order valence-corrected chi connectivity index (χ2v) is 11.2. The number of benzene rings is 3. The number of para-hydroxylation sites is 1. The van der Waals surface area contributed by atoms with E-state index in [4.69, 9.17) is 15.0 Å². The van der Waals surface area contributed by atoms with Crippen molar-refractivity contribution >= 4 is 10.9 Å². The van der Waals surface area contributed by atoms with Crippen molar-refractivity contribution in [2.45, 2.75) is 73.8 Å². The van der Waals surface area contributed by atoms with Crippen LogP contribution in [0.2, 0.25) is 0 Å². The van der Waals surface area contributed by atoms with Gasteiger partial charge < -0.3 is 14.8 Å². The fourth-order valence-corrected chi connectivity index (χ4v) is 5.61. The number of phenolic OH excluding ortho intramolecular Hbond substituents is 2. The van der Waals surface area contributed by atoms with Crippen LogP contribution < -0.4 is 0 Å². The molecule has 0 saturated heterocycles. The van der Waals surface area contributed by atoms with Gasteiger partial charge in [0.15, 0.2) is 17.5 Å². The minimum Gasteiger partial charge on any atom is -0.508 e. The zero-order valence-corrected chi connectivity index (χ0v) is 25.0. The second kappa shape index (κ2) is 11.7. The lowest BCUT2D eigenvalue weighted by Gasteiger charge is -2.16. The molecule has 0 spiro atoms. The van der Waals surface area contributed by atoms with E-state index in [2.05, 4.69) is 48.9 Å². The molecule has 41 heavy (non-hydrogen) atoms. The highest BCUT2D eigenvalue weighted by Crippen LogP contribution is 2.36. The molecule has 0 amide bonds. The van der Waals surface area contributed by atoms with Crippen molar-refractivity contribution in [2.24, 2.45) is 5.92 Å². The molecule has 6 heteroatoms. The zero-order chi connectivity index (χ0) is 29.3. The fraction of sp³-hybridized carbons (Fsp3) is 0.343. The highest BCUT2D eigenvalue weighted by Gasteiger charge is 2.21. The number of hydrogen-bond donors (Lipinski definition) is 2. The molecule has 212 valence electrons. The van der Waals surface area contributed by atoms with Crippen LogP contribution >= 0.6 is 0 Å². The van der Waals surface area contributed by atoms with Gasteiger partial charge in [0.2, 0.25) is 0 Å². The topological polar surface area (TPSA) is 84.1 Å². The molecule has 2 N–H and O–H groups in total. The summed E-state index contributed by atoms with van der Waals surface area (Å²) in [6.45, 7) is 13.3. The average molecular weight is 549 g/mol. The molecule has 0 aliphatic heterocycles. The molecule has 0 aliphatic rings. The first kappa shape index (κ1) is 28.3. The van der Waals surface area contributed by atoms with Crippen LogP contribution in [0.4, 0.5) is 0 Å². The monoisotopic (exact) mass is 548 g/mol. The molecule has 0 bridgehead atoms. The van der Waals surface area contributed by atoms with Crippen LogP contribution in [0, 0.1) is 33.6 Å². The second-order valence-electron chi connectivity index (χ2n) is 11.2. The van der Waals surface area contributed by atoms with E-state index in [-0.39, 0.29) is 11.5 Å². The van der Waals surface area contributed by atoms with E-state index in [0.29, 0.717) is 23.4 Å². The molecule has 0 aliphatic carbocycles. The van der Waals surface area contributed by atoms with Crippen LogP contribution in [0.15, 0.2) is 54.7 Å². The van der Waals surface area contributed by atoms with Gasteiger partial charge in [0.25, 0.3) is 0 Å². The van der Waals surface area contributed by atoms with Gasteiger partial charge in [-0.25, -0.2) is 15.0 Å². The van der Waals surface area contributed by atoms with Crippen molar-refractivity contribution in [1.82, 2.24) is 19.5 Å². The predicted octanol–water partition coefficient (Wildman–Crippen LogP) is 8.69. The number of nitrogens with zero attached hydrogens (tertiary/aromatic N) is 4. The summed E-state index contributed by atoms with van der Waals surface area (Å²) in [6, 6.07) is 15.6. The average Bonchev–Trinajstić information content (AvgIpc) is 3.35. The Kier molecular flexibility index (Phi) is 8.11. The molecule has 1 unspecified atom stereocenters. The maximum Gasteiger partial charge on any atom is 0.166 e. The van der Waals surface area contributed by atoms with Gasteiger partial charge in [-0.3, -0.25) is 0 Å². The Bertz CT molecular complexity index is 1640. The molecular weight excluding hydrogens is 508 g/mol. The van der Waals surface area contributed by atoms with Crippen molar-refractivity contribution in [3.05, 3.63) is 77.0 Å². The molecule has 5 aromatic rings. The maximum atomic E-state index is 10.3. The third-order valence-corrected chi connectivity index (χ3v) is 8.66. The number of aromatic nitrogens is 4. The van der Waals surface area contributed by atoms with Crippen molar-refractivity contribution in [3.63, 3.8) is 0 Å². The molecule has 5 rings (SSSR count). The summed E-state index contributed by atoms with van der Waals surface area (Å²) in [5.41, 5.74) is 7.31. The highest BCUT2D eigenvalue weighted by atomic mass is 16.3. The standard InChI is InChI=1S/C35H40N4O2/c1-7-9-12-25(8-2)19-39-20-29(28-13-10-11-14-30(28)39)35-37-33(26-15-17-31(40)23(5)21(26)3)36-34(38-35)27-16-18-32(41)24(6)22(27)4/h10-11,13-18,20,25,40-41H,7-9,12,19H2,1-6H3. The van der Waals surface area contributed by atoms with Gasteiger partial charge in [-0.05, 0) is 92.6 Å². The Morgan fingerprint density at radius 2 is 1.22 bits per heavy atom. The molecular formula is C35H40N4O2. The van der Waals surface area contributed by atoms with E-state index in [1.165, 1.54) is 24.8 Å². The zero-order valence-electron chi connectivity index (χ0n) is 25.0. The molecule has 2 heterocycles. The van der Waals surface area contributed by atoms with Crippen LogP contribution in [0.3, 0.4) is 0 Å². The lowest BCUT2D eigenvalue weighted by Crippen LogP contribution is -2.09. The summed E-state index contributed by atoms with van der Waals surface area (Å²) in [7, 11) is 0. The number of rotatable bonds is 9. The third-order valence-electron chi connectivity index (χ3n) is 8.66. The van der Waals surface area contributed by atoms with Gasteiger partial charge in [0.1, 0.15) is 11.5 Å². The molecule has 1 atom stereocenters. The number of phenols is 2. The molecule has 0 fully saturated rings. The van der Waals surface area contributed by atoms with E-state index in [9.17, 15) is 10.2 Å². The number of aromatic hydroxyl groups is 2. The van der Waals surface area contributed by atoms with Gasteiger partial charge in [-0.15, -0.1) is 0 Å². The van der Waals surface area contributed by atoms with Crippen LogP contribution in [0.5, 0.6) is 11.5 Å². The first-order chi connectivity index (χ1) is 19.7. The Labute approximate surface area is 242 Å². The summed E-state index contributed by atoms with van der Waals surface area (Å²) in [6.07, 6.45) is 7.00. The predicted molar refractivity (Wildman–Crippen MR) is 167 cm³/mol. The fourth-order valence-electron chi connectivity index (χ4n) is 5.61. The molecule has 6 nitrogen and oxygen atoms in total. The van der Waals surface area contributed by atoms with Crippen molar-refractivity contribution in [3.8, 4) is 45.7 Å². The molecule has 0 radical (unpaired) electrons. The summed E-state index contributed by atoms with van der Waals surface area (Å²) in [5.74, 6) is 2.83. The van der Waals surface area contributed by atoms with Crippen LogP contribution in [0.1, 0.15) is 61.8 Å². The summed E-state index contributed by atoms with van der Waals surface area (Å²) in [5, 5.41) is 21.7. The first-order valence-corrected chi connectivity index (χ1v) is 14.7. The van der Waals surface area contributed by atoms with Crippen molar-refractivity contribution < 1.29 is 10.2 Å². The summed E-state index contributed by atoms with van der Waals surface area (Å²) >= 11 is 0. The molecule has 2 aromatic heterocycles.